The molecule has 35 nitrogen and oxygen atoms in total. The first kappa shape index (κ1) is 74.9. The molecule has 11 rings (SSSR count). The number of phosphoric ester groups is 1. The van der Waals surface area contributed by atoms with Crippen LogP contribution in [-0.2, 0) is 76.3 Å². The van der Waals surface area contributed by atoms with E-state index in [0.29, 0.717) is 30.1 Å². The number of aryl methyl sites for hydroxylation is 2. The van der Waals surface area contributed by atoms with Crippen LogP contribution in [0, 0.1) is 11.8 Å². The summed E-state index contributed by atoms with van der Waals surface area (Å²) < 4.78 is 86.4. The number of benzene rings is 4. The van der Waals surface area contributed by atoms with Crippen LogP contribution in [0.2, 0.25) is 0 Å². The number of azide groups is 2. The molecule has 1 fully saturated rings. The van der Waals surface area contributed by atoms with Crippen LogP contribution in [0.4, 0.5) is 11.5 Å². The average molecular weight is 1480 g/mol. The zero-order chi connectivity index (χ0) is 73.0. The summed E-state index contributed by atoms with van der Waals surface area (Å²) in [6.45, 7) is 2.93. The number of aromatic carboxylic acids is 1. The number of phosphoric acid groups is 2. The lowest BCUT2D eigenvalue weighted by molar-refractivity contribution is -0.126. The number of nitrogens with zero attached hydrogens (tertiary/aromatic N) is 11. The topological polar surface area (TPSA) is 489 Å². The van der Waals surface area contributed by atoms with E-state index in [1.807, 2.05) is 0 Å². The summed E-state index contributed by atoms with van der Waals surface area (Å²) in [7, 11) is -15.7. The Bertz CT molecular complexity index is 4740. The number of amides is 3. The summed E-state index contributed by atoms with van der Waals surface area (Å²) in [5.74, 6) is 4.76. The maximum atomic E-state index is 14.1. The van der Waals surface area contributed by atoms with E-state index in [9.17, 15) is 58.2 Å². The van der Waals surface area contributed by atoms with Gasteiger partial charge in [-0.1, -0.05) is 41.5 Å². The van der Waals surface area contributed by atoms with Gasteiger partial charge in [-0.15, -0.1) is 0 Å². The number of aromatic nitrogens is 3. The van der Waals surface area contributed by atoms with Gasteiger partial charge in [0.15, 0.2) is 6.23 Å². The third kappa shape index (κ3) is 18.4. The largest absolute Gasteiger partial charge is 0.491 e. The fraction of sp³-hybridized carbons (Fsp3) is 0.431. The third-order valence-corrected chi connectivity index (χ3v) is 21.4. The monoisotopic (exact) mass is 1480 g/mol. The van der Waals surface area contributed by atoms with Crippen molar-refractivity contribution in [3.05, 3.63) is 154 Å². The average Bonchev–Trinajstić information content (AvgIpc) is 1.26. The Hall–Kier alpha value is -9.28. The van der Waals surface area contributed by atoms with E-state index in [1.165, 1.54) is 46.5 Å². The number of unbranched alkanes of at least 4 members (excludes halogenated alkanes) is 1. The minimum atomic E-state index is -5.58. The van der Waals surface area contributed by atoms with Gasteiger partial charge in [0.1, 0.15) is 67.3 Å². The maximum absolute atomic E-state index is 14.1. The van der Waals surface area contributed by atoms with Gasteiger partial charge in [0.25, 0.3) is 11.8 Å². The fourth-order valence-corrected chi connectivity index (χ4v) is 16.4. The zero-order valence-corrected chi connectivity index (χ0v) is 58.6. The molecule has 1 saturated heterocycles. The molecule has 103 heavy (non-hydrogen) atoms. The van der Waals surface area contributed by atoms with Gasteiger partial charge in [0.05, 0.1) is 54.3 Å². The zero-order valence-electron chi connectivity index (χ0n) is 55.9. The Morgan fingerprint density at radius 2 is 1.67 bits per heavy atom. The number of carbonyl (C=O) groups excluding carboxylic acids is 3. The molecule has 9 N–H and O–H groups in total. The minimum Gasteiger partial charge on any atom is -0.491 e. The first-order valence-electron chi connectivity index (χ1n) is 33.0. The second-order valence-electron chi connectivity index (χ2n) is 24.4. The van der Waals surface area contributed by atoms with E-state index in [1.54, 1.807) is 24.3 Å². The Kier molecular flexibility index (Phi) is 24.3. The lowest BCUT2D eigenvalue weighted by atomic mass is 9.81. The SMILES string of the molecule is CCCCc1c2c(cc3c1=NCCC3)=C(c1cc(C(=O)NCCNC(=O)c3cccc(OCC(N=[N+]=[N-])OCCOCC(=O)NCC#Cc4cn([C@H]5CC(OCN=[N+]=[N-])[C@@H](COP(=O)(O)OP(=O)(O)OP(C)(=O)O)O5)c5ncnc(N)c45)c3)ccc1C(=O)O)c1cc3c4c(c1O2)CCCN4CCC3. The number of hydrogen-bond donors (Lipinski definition) is 8. The number of carboxylic acids is 1. The number of nitrogens with two attached hydrogens (primary N) is 1. The summed E-state index contributed by atoms with van der Waals surface area (Å²) in [5, 5.41) is 28.1. The first-order chi connectivity index (χ1) is 49.5. The second-order valence-corrected chi connectivity index (χ2v) is 29.4. The smallest absolute Gasteiger partial charge is 0.488 e. The molecule has 6 aromatic rings. The van der Waals surface area contributed by atoms with Crippen molar-refractivity contribution in [1.82, 2.24) is 30.5 Å². The molecule has 0 saturated carbocycles. The molecule has 7 heterocycles. The number of ether oxygens (including phenoxy) is 6. The van der Waals surface area contributed by atoms with Crippen molar-refractivity contribution in [2.24, 2.45) is 15.2 Å². The van der Waals surface area contributed by atoms with E-state index >= 15 is 0 Å². The summed E-state index contributed by atoms with van der Waals surface area (Å²) >= 11 is 0. The Morgan fingerprint density at radius 1 is 0.893 bits per heavy atom. The van der Waals surface area contributed by atoms with Crippen molar-refractivity contribution in [3.63, 3.8) is 0 Å². The molecule has 0 bridgehead atoms. The van der Waals surface area contributed by atoms with Crippen molar-refractivity contribution in [2.45, 2.75) is 95.8 Å². The van der Waals surface area contributed by atoms with Gasteiger partial charge in [-0.2, -0.15) is 4.31 Å². The fourth-order valence-electron chi connectivity index (χ4n) is 12.9. The molecule has 5 aliphatic rings. The molecule has 5 aliphatic heterocycles. The predicted molar refractivity (Wildman–Crippen MR) is 368 cm³/mol. The second kappa shape index (κ2) is 33.4. The first-order valence-corrected chi connectivity index (χ1v) is 38.0. The highest BCUT2D eigenvalue weighted by Gasteiger charge is 2.44. The van der Waals surface area contributed by atoms with Crippen LogP contribution in [0.5, 0.6) is 17.2 Å². The van der Waals surface area contributed by atoms with Crippen LogP contribution in [0.1, 0.15) is 122 Å². The molecule has 544 valence electrons. The Balaban J connectivity index is 0.653. The van der Waals surface area contributed by atoms with Crippen LogP contribution in [-0.4, -0.2) is 162 Å². The Labute approximate surface area is 588 Å². The minimum absolute atomic E-state index is 0.0196. The molecular weight excluding hydrogens is 1400 g/mol. The third-order valence-electron chi connectivity index (χ3n) is 17.2. The number of anilines is 2. The van der Waals surface area contributed by atoms with Crippen molar-refractivity contribution < 1.29 is 94.2 Å². The molecule has 7 atom stereocenters. The van der Waals surface area contributed by atoms with Gasteiger partial charge in [0.2, 0.25) is 5.91 Å². The van der Waals surface area contributed by atoms with E-state index in [0.717, 1.165) is 109 Å². The van der Waals surface area contributed by atoms with E-state index < -0.39 is 91.5 Å². The lowest BCUT2D eigenvalue weighted by Crippen LogP contribution is -2.36. The highest BCUT2D eigenvalue weighted by Crippen LogP contribution is 2.66. The molecule has 0 spiro atoms. The number of nitrogens with one attached hydrogen (secondary N) is 3. The molecule has 0 aliphatic carbocycles. The predicted octanol–water partition coefficient (Wildman–Crippen LogP) is 7.05. The number of fused-ring (bicyclic) bond motifs is 5. The van der Waals surface area contributed by atoms with Gasteiger partial charge in [-0.25, -0.2) is 28.2 Å². The molecule has 5 unspecified atom stereocenters. The number of rotatable bonds is 32. The summed E-state index contributed by atoms with van der Waals surface area (Å²) in [5.41, 5.74) is 32.9. The van der Waals surface area contributed by atoms with Gasteiger partial charge < -0.3 is 79.4 Å². The molecule has 38 heteroatoms. The summed E-state index contributed by atoms with van der Waals surface area (Å²) in [6, 6.07) is 15.1. The van der Waals surface area contributed by atoms with Crippen molar-refractivity contribution in [1.29, 1.82) is 0 Å². The van der Waals surface area contributed by atoms with Crippen LogP contribution < -0.4 is 46.6 Å². The van der Waals surface area contributed by atoms with E-state index in [4.69, 9.17) is 49.2 Å². The van der Waals surface area contributed by atoms with Crippen LogP contribution >= 0.6 is 23.2 Å². The van der Waals surface area contributed by atoms with E-state index in [2.05, 4.69) is 90.4 Å². The van der Waals surface area contributed by atoms with Crippen molar-refractivity contribution >= 4 is 75.0 Å². The van der Waals surface area contributed by atoms with Gasteiger partial charge in [-0.05, 0) is 128 Å². The van der Waals surface area contributed by atoms with Crippen LogP contribution in [0.15, 0.2) is 82.3 Å². The van der Waals surface area contributed by atoms with E-state index in [-0.39, 0.29) is 90.7 Å². The quantitative estimate of drug-likeness (QED) is 0.00522. The molecule has 2 aromatic heterocycles. The number of hydrogen-bond acceptors (Lipinski definition) is 23. The maximum Gasteiger partial charge on any atom is 0.488 e. The van der Waals surface area contributed by atoms with Crippen molar-refractivity contribution in [2.75, 3.05) is 96.3 Å². The standard InChI is InChI=1S/C65H74N15O20P3/c1-3-4-15-45-57-38(11-6-20-70-57)28-48-56(49-29-39-13-8-23-79-24-9-16-46(58(39)79)60(49)98-59(45)48)47-30-41(17-18-44(47)65(84)85)64(83)72-22-21-71-63(82)40-10-5-14-43(27-40)94-35-53(76-78-68)93-26-25-92-34-52(81)69-19-7-12-42-32-80(62-55(42)61(66)73-36-74-62)54-31-50(95-37-75-77-67)51(97-54)33-96-102(88,89)100-103(90,91)99-101(2,86)87/h5,10,14,17-18,27-30,32,36,50-51,53-54H,3-4,6,8-9,11,13,15-16,19-26,31,33-35,37H2,1-2H3,(H,69,81)(H,71,82)(H,72,83)(H,84,85)(H,86,87)(H,88,89)(H,90,91)(H2,66,73,74)/t50?,51-,53?,54-/m1/s1. The number of carbonyl (C=O) groups is 4. The van der Waals surface area contributed by atoms with Crippen molar-refractivity contribution in [3.8, 4) is 29.1 Å². The molecular formula is C65H74N15O20P3. The number of nitrogen functional groups attached to an aromatic ring is 1. The van der Waals surface area contributed by atoms with Crippen LogP contribution in [0.25, 0.3) is 37.5 Å². The Morgan fingerprint density at radius 3 is 2.43 bits per heavy atom. The lowest BCUT2D eigenvalue weighted by Gasteiger charge is -2.39. The molecule has 4 aromatic carbocycles. The molecule has 0 radical (unpaired) electrons. The highest BCUT2D eigenvalue weighted by molar-refractivity contribution is 7.68. The summed E-state index contributed by atoms with van der Waals surface area (Å²) in [4.78, 5) is 104. The summed E-state index contributed by atoms with van der Waals surface area (Å²) in [6.07, 6.45) is 6.23. The highest BCUT2D eigenvalue weighted by atomic mass is 31.3. The van der Waals surface area contributed by atoms with Gasteiger partial charge in [-0.3, -0.25) is 28.5 Å². The van der Waals surface area contributed by atoms with Gasteiger partial charge in [0, 0.05) is 106 Å². The number of carboxylic acid groups (broad SMARTS) is 1. The van der Waals surface area contributed by atoms with Gasteiger partial charge >= 0.3 is 29.2 Å². The molecule has 3 amide bonds. The normalized spacial score (nSPS) is 18.3. The van der Waals surface area contributed by atoms with Crippen LogP contribution in [0.3, 0.4) is 0 Å².